The lowest BCUT2D eigenvalue weighted by atomic mass is 9.86. The SMILES string of the molecule is C=CC(=O)OC1(c2ccc(C(C)C)cc2OC(C)=O)C(=O)c2ccccc2C1=O. The van der Waals surface area contributed by atoms with Crippen molar-refractivity contribution in [1.29, 1.82) is 0 Å². The van der Waals surface area contributed by atoms with Crippen molar-refractivity contribution in [2.24, 2.45) is 0 Å². The Bertz CT molecular complexity index is 1010. The molecule has 0 amide bonds. The van der Waals surface area contributed by atoms with Crippen molar-refractivity contribution in [1.82, 2.24) is 0 Å². The molecule has 0 radical (unpaired) electrons. The van der Waals surface area contributed by atoms with Crippen molar-refractivity contribution in [3.05, 3.63) is 77.4 Å². The van der Waals surface area contributed by atoms with Gasteiger partial charge in [0.15, 0.2) is 0 Å². The molecule has 6 nitrogen and oxygen atoms in total. The number of carbonyl (C=O) groups excluding carboxylic acids is 4. The van der Waals surface area contributed by atoms with Gasteiger partial charge in [-0.3, -0.25) is 14.4 Å². The second kappa shape index (κ2) is 7.47. The van der Waals surface area contributed by atoms with Gasteiger partial charge in [-0.2, -0.15) is 0 Å². The van der Waals surface area contributed by atoms with Crippen molar-refractivity contribution < 1.29 is 28.7 Å². The van der Waals surface area contributed by atoms with Crippen LogP contribution < -0.4 is 4.74 Å². The summed E-state index contributed by atoms with van der Waals surface area (Å²) < 4.78 is 10.7. The highest BCUT2D eigenvalue weighted by Gasteiger charge is 2.59. The van der Waals surface area contributed by atoms with Gasteiger partial charge in [-0.05, 0) is 23.6 Å². The molecule has 1 aliphatic carbocycles. The van der Waals surface area contributed by atoms with Crippen LogP contribution in [0, 0.1) is 0 Å². The third-order valence-corrected chi connectivity index (χ3v) is 4.78. The average Bonchev–Trinajstić information content (AvgIpc) is 2.90. The van der Waals surface area contributed by atoms with Gasteiger partial charge >= 0.3 is 11.9 Å². The van der Waals surface area contributed by atoms with E-state index < -0.39 is 29.1 Å². The Kier molecular flexibility index (Phi) is 5.20. The molecule has 0 aliphatic heterocycles. The van der Waals surface area contributed by atoms with Crippen LogP contribution in [0.3, 0.4) is 0 Å². The van der Waals surface area contributed by atoms with Gasteiger partial charge < -0.3 is 9.47 Å². The molecule has 0 saturated heterocycles. The molecule has 1 aliphatic rings. The van der Waals surface area contributed by atoms with Crippen LogP contribution in [0.1, 0.15) is 58.5 Å². The monoisotopic (exact) mass is 392 g/mol. The van der Waals surface area contributed by atoms with E-state index in [0.29, 0.717) is 0 Å². The number of ether oxygens (including phenoxy) is 2. The van der Waals surface area contributed by atoms with Gasteiger partial charge in [0, 0.05) is 24.1 Å². The minimum absolute atomic E-state index is 0.00139. The number of hydrogen-bond donors (Lipinski definition) is 0. The summed E-state index contributed by atoms with van der Waals surface area (Å²) in [5.74, 6) is -2.88. The minimum Gasteiger partial charge on any atom is -0.434 e. The molecule has 0 bridgehead atoms. The number of Topliss-reactive ketones (excluding diaryl/α,β-unsaturated/α-hetero) is 2. The van der Waals surface area contributed by atoms with Crippen molar-refractivity contribution >= 4 is 23.5 Å². The summed E-state index contributed by atoms with van der Waals surface area (Å²) >= 11 is 0. The third kappa shape index (κ3) is 3.27. The molecular weight excluding hydrogens is 372 g/mol. The number of benzene rings is 2. The second-order valence-corrected chi connectivity index (χ2v) is 7.01. The lowest BCUT2D eigenvalue weighted by Gasteiger charge is -2.28. The van der Waals surface area contributed by atoms with Crippen LogP contribution in [0.25, 0.3) is 0 Å². The Hall–Kier alpha value is -3.54. The highest BCUT2D eigenvalue weighted by Crippen LogP contribution is 2.45. The molecule has 0 N–H and O–H groups in total. The Morgan fingerprint density at radius 1 is 1.03 bits per heavy atom. The zero-order valence-corrected chi connectivity index (χ0v) is 16.4. The van der Waals surface area contributed by atoms with Gasteiger partial charge in [-0.15, -0.1) is 0 Å². The summed E-state index contributed by atoms with van der Waals surface area (Å²) in [6.45, 7) is 8.45. The lowest BCUT2D eigenvalue weighted by Crippen LogP contribution is -2.43. The first-order chi connectivity index (χ1) is 13.7. The van der Waals surface area contributed by atoms with Crippen LogP contribution in [-0.4, -0.2) is 23.5 Å². The maximum Gasteiger partial charge on any atom is 0.331 e. The third-order valence-electron chi connectivity index (χ3n) is 4.78. The summed E-state index contributed by atoms with van der Waals surface area (Å²) in [7, 11) is 0. The molecule has 0 spiro atoms. The molecule has 0 heterocycles. The highest BCUT2D eigenvalue weighted by molar-refractivity contribution is 6.33. The van der Waals surface area contributed by atoms with Gasteiger partial charge in [-0.1, -0.05) is 50.8 Å². The topological polar surface area (TPSA) is 86.7 Å². The van der Waals surface area contributed by atoms with E-state index in [9.17, 15) is 19.2 Å². The zero-order chi connectivity index (χ0) is 21.3. The fourth-order valence-corrected chi connectivity index (χ4v) is 3.37. The molecule has 3 rings (SSSR count). The molecule has 2 aromatic rings. The van der Waals surface area contributed by atoms with E-state index in [1.165, 1.54) is 25.1 Å². The van der Waals surface area contributed by atoms with Crippen LogP contribution in [0.4, 0.5) is 0 Å². The maximum atomic E-state index is 13.4. The number of carbonyl (C=O) groups is 4. The Morgan fingerprint density at radius 3 is 2.10 bits per heavy atom. The zero-order valence-electron chi connectivity index (χ0n) is 16.4. The van der Waals surface area contributed by atoms with Gasteiger partial charge in [0.25, 0.3) is 5.60 Å². The molecule has 2 aromatic carbocycles. The fourth-order valence-electron chi connectivity index (χ4n) is 3.37. The molecule has 0 unspecified atom stereocenters. The standard InChI is InChI=1S/C23H20O6/c1-5-20(25)29-23(21(26)16-8-6-7-9-17(16)22(23)27)18-11-10-15(13(2)3)12-19(18)28-14(4)24/h5-13H,1H2,2-4H3. The molecule has 29 heavy (non-hydrogen) atoms. The van der Waals surface area contributed by atoms with E-state index in [1.807, 2.05) is 13.8 Å². The summed E-state index contributed by atoms with van der Waals surface area (Å²) in [6.07, 6.45) is 0.874. The molecular formula is C23H20O6. The van der Waals surface area contributed by atoms with Crippen LogP contribution in [0.15, 0.2) is 55.1 Å². The first-order valence-electron chi connectivity index (χ1n) is 9.09. The van der Waals surface area contributed by atoms with Crippen molar-refractivity contribution in [2.75, 3.05) is 0 Å². The molecule has 0 aromatic heterocycles. The van der Waals surface area contributed by atoms with Crippen molar-refractivity contribution in [3.63, 3.8) is 0 Å². The average molecular weight is 392 g/mol. The van der Waals surface area contributed by atoms with Crippen LogP contribution in [0.5, 0.6) is 5.75 Å². The van der Waals surface area contributed by atoms with Gasteiger partial charge in [0.2, 0.25) is 11.6 Å². The summed E-state index contributed by atoms with van der Waals surface area (Å²) in [5, 5.41) is 0. The van der Waals surface area contributed by atoms with Gasteiger partial charge in [0.1, 0.15) is 5.75 Å². The minimum atomic E-state index is -2.28. The van der Waals surface area contributed by atoms with Crippen molar-refractivity contribution in [2.45, 2.75) is 32.3 Å². The van der Waals surface area contributed by atoms with E-state index in [-0.39, 0.29) is 28.4 Å². The largest absolute Gasteiger partial charge is 0.434 e. The first kappa shape index (κ1) is 20.2. The summed E-state index contributed by atoms with van der Waals surface area (Å²) in [6, 6.07) is 11.0. The normalized spacial score (nSPS) is 14.5. The maximum absolute atomic E-state index is 13.4. The highest BCUT2D eigenvalue weighted by atomic mass is 16.6. The number of ketones is 2. The van der Waals surface area contributed by atoms with E-state index in [0.717, 1.165) is 11.6 Å². The molecule has 0 atom stereocenters. The predicted molar refractivity (Wildman–Crippen MR) is 105 cm³/mol. The van der Waals surface area contributed by atoms with E-state index in [1.54, 1.807) is 24.3 Å². The van der Waals surface area contributed by atoms with E-state index >= 15 is 0 Å². The van der Waals surface area contributed by atoms with E-state index in [2.05, 4.69) is 6.58 Å². The molecule has 0 saturated carbocycles. The molecule has 6 heteroatoms. The number of esters is 2. The number of rotatable bonds is 5. The Labute approximate surface area is 168 Å². The van der Waals surface area contributed by atoms with E-state index in [4.69, 9.17) is 9.47 Å². The summed E-state index contributed by atoms with van der Waals surface area (Å²) in [4.78, 5) is 50.6. The Morgan fingerprint density at radius 2 is 1.62 bits per heavy atom. The Balaban J connectivity index is 2.31. The first-order valence-corrected chi connectivity index (χ1v) is 9.09. The number of hydrogen-bond acceptors (Lipinski definition) is 6. The quantitative estimate of drug-likeness (QED) is 0.333. The molecule has 0 fully saturated rings. The lowest BCUT2D eigenvalue weighted by molar-refractivity contribution is -0.146. The van der Waals surface area contributed by atoms with Crippen molar-refractivity contribution in [3.8, 4) is 5.75 Å². The smallest absolute Gasteiger partial charge is 0.331 e. The predicted octanol–water partition coefficient (Wildman–Crippen LogP) is 3.74. The van der Waals surface area contributed by atoms with Gasteiger partial charge in [-0.25, -0.2) is 4.79 Å². The van der Waals surface area contributed by atoms with Crippen LogP contribution >= 0.6 is 0 Å². The van der Waals surface area contributed by atoms with Gasteiger partial charge in [0.05, 0.1) is 5.56 Å². The van der Waals surface area contributed by atoms with Crippen LogP contribution in [0.2, 0.25) is 0 Å². The number of fused-ring (bicyclic) bond motifs is 1. The van der Waals surface area contributed by atoms with Crippen LogP contribution in [-0.2, 0) is 19.9 Å². The summed E-state index contributed by atoms with van der Waals surface area (Å²) in [5.41, 5.74) is -1.19. The second-order valence-electron chi connectivity index (χ2n) is 7.01. The fraction of sp³-hybridized carbons (Fsp3) is 0.217. The molecule has 148 valence electrons.